The molecule has 0 spiro atoms. The van der Waals surface area contributed by atoms with Gasteiger partial charge >= 0.3 is 0 Å². The predicted molar refractivity (Wildman–Crippen MR) is 101 cm³/mol. The first kappa shape index (κ1) is 16.8. The summed E-state index contributed by atoms with van der Waals surface area (Å²) in [6.45, 7) is 5.26. The molecular weight excluding hydrogens is 292 g/mol. The van der Waals surface area contributed by atoms with E-state index in [0.717, 1.165) is 25.9 Å². The van der Waals surface area contributed by atoms with Crippen molar-refractivity contribution in [3.05, 3.63) is 83.6 Å². The lowest BCUT2D eigenvalue weighted by atomic mass is 9.62. The highest BCUT2D eigenvalue weighted by Crippen LogP contribution is 2.54. The lowest BCUT2D eigenvalue weighted by molar-refractivity contribution is 0.0470. The van der Waals surface area contributed by atoms with E-state index in [1.54, 1.807) is 0 Å². The summed E-state index contributed by atoms with van der Waals surface area (Å²) in [5, 5.41) is 0. The zero-order valence-electron chi connectivity index (χ0n) is 14.9. The maximum Gasteiger partial charge on any atom is 0.0988 e. The minimum absolute atomic E-state index is 0.0600. The molecule has 0 saturated carbocycles. The van der Waals surface area contributed by atoms with Gasteiger partial charge in [0.1, 0.15) is 0 Å². The Bertz CT molecular complexity index is 615. The smallest absolute Gasteiger partial charge is 0.0988 e. The molecule has 1 unspecified atom stereocenters. The number of hydrogen-bond acceptors (Lipinski definition) is 1. The Morgan fingerprint density at radius 1 is 1.00 bits per heavy atom. The average molecular weight is 320 g/mol. The van der Waals surface area contributed by atoms with Gasteiger partial charge in [-0.25, -0.2) is 0 Å². The van der Waals surface area contributed by atoms with Gasteiger partial charge in [0.25, 0.3) is 0 Å². The van der Waals surface area contributed by atoms with Crippen LogP contribution in [0.4, 0.5) is 0 Å². The minimum atomic E-state index is 0.0600. The van der Waals surface area contributed by atoms with Gasteiger partial charge in [0, 0.05) is 11.3 Å². The van der Waals surface area contributed by atoms with Gasteiger partial charge in [0.05, 0.1) is 12.4 Å². The molecular formula is C23H28O. The van der Waals surface area contributed by atoms with Crippen molar-refractivity contribution < 1.29 is 4.74 Å². The normalized spacial score (nSPS) is 22.5. The first-order valence-corrected chi connectivity index (χ1v) is 9.21. The Labute approximate surface area is 146 Å². The van der Waals surface area contributed by atoms with E-state index in [9.17, 15) is 0 Å². The van der Waals surface area contributed by atoms with Crippen molar-refractivity contribution in [2.24, 2.45) is 5.41 Å². The van der Waals surface area contributed by atoms with Gasteiger partial charge in [-0.1, -0.05) is 74.0 Å². The van der Waals surface area contributed by atoms with E-state index in [1.807, 2.05) is 0 Å². The summed E-state index contributed by atoms with van der Waals surface area (Å²) < 4.78 is 6.18. The van der Waals surface area contributed by atoms with Crippen molar-refractivity contribution in [3.8, 4) is 0 Å². The Morgan fingerprint density at radius 2 is 1.58 bits per heavy atom. The zero-order valence-corrected chi connectivity index (χ0v) is 14.9. The molecule has 1 fully saturated rings. The van der Waals surface area contributed by atoms with Crippen LogP contribution in [0, 0.1) is 5.41 Å². The average Bonchev–Trinajstić information content (AvgIpc) is 2.64. The fourth-order valence-corrected chi connectivity index (χ4v) is 4.45. The molecule has 1 heteroatoms. The van der Waals surface area contributed by atoms with Crippen LogP contribution in [0.5, 0.6) is 0 Å². The molecule has 0 radical (unpaired) electrons. The van der Waals surface area contributed by atoms with Gasteiger partial charge in [0.2, 0.25) is 0 Å². The molecule has 126 valence electrons. The molecule has 2 aromatic rings. The highest BCUT2D eigenvalue weighted by atomic mass is 16.5. The Balaban J connectivity index is 2.18. The molecule has 0 aromatic heterocycles. The third kappa shape index (κ3) is 3.13. The molecule has 0 bridgehead atoms. The lowest BCUT2D eigenvalue weighted by Gasteiger charge is -2.45. The van der Waals surface area contributed by atoms with E-state index in [0.29, 0.717) is 5.92 Å². The van der Waals surface area contributed by atoms with E-state index in [-0.39, 0.29) is 5.41 Å². The molecule has 1 nitrogen and oxygen atoms in total. The molecule has 24 heavy (non-hydrogen) atoms. The molecule has 0 amide bonds. The molecule has 2 aromatic carbocycles. The van der Waals surface area contributed by atoms with Crippen molar-refractivity contribution in [1.29, 1.82) is 0 Å². The molecule has 0 N–H and O–H groups in total. The third-order valence-corrected chi connectivity index (χ3v) is 5.29. The predicted octanol–water partition coefficient (Wildman–Crippen LogP) is 6.32. The molecule has 1 aliphatic rings. The molecule has 1 atom stereocenters. The quantitative estimate of drug-likeness (QED) is 0.626. The number of ether oxygens (including phenoxy) is 1. The van der Waals surface area contributed by atoms with Crippen molar-refractivity contribution in [2.75, 3.05) is 6.61 Å². The molecule has 1 aliphatic heterocycles. The zero-order chi connectivity index (χ0) is 16.8. The maximum absolute atomic E-state index is 6.18. The second kappa shape index (κ2) is 7.70. The van der Waals surface area contributed by atoms with Crippen LogP contribution in [-0.2, 0) is 4.74 Å². The van der Waals surface area contributed by atoms with Crippen molar-refractivity contribution >= 4 is 0 Å². The minimum Gasteiger partial charge on any atom is -0.498 e. The molecule has 3 rings (SSSR count). The van der Waals surface area contributed by atoms with Crippen LogP contribution < -0.4 is 0 Å². The largest absolute Gasteiger partial charge is 0.498 e. The van der Waals surface area contributed by atoms with Crippen LogP contribution in [0.2, 0.25) is 0 Å². The standard InChI is InChI=1S/C23H28O/c1-3-16-23(17-11-18-24-21(23)4-2)22(19-12-7-5-8-13-19)20-14-9-6-10-15-20/h4-10,12-15,22H,3,11,16-18H2,1-2H3/b21-4+. The molecule has 1 saturated heterocycles. The van der Waals surface area contributed by atoms with Gasteiger partial charge < -0.3 is 4.74 Å². The van der Waals surface area contributed by atoms with Gasteiger partial charge in [-0.05, 0) is 43.4 Å². The van der Waals surface area contributed by atoms with E-state index < -0.39 is 0 Å². The Morgan fingerprint density at radius 3 is 2.08 bits per heavy atom. The SMILES string of the molecule is C/C=C1/OCCCC1(CCC)C(c1ccccc1)c1ccccc1. The second-order valence-corrected chi connectivity index (χ2v) is 6.77. The Kier molecular flexibility index (Phi) is 5.40. The third-order valence-electron chi connectivity index (χ3n) is 5.29. The summed E-state index contributed by atoms with van der Waals surface area (Å²) in [7, 11) is 0. The van der Waals surface area contributed by atoms with Crippen LogP contribution in [0.1, 0.15) is 56.6 Å². The van der Waals surface area contributed by atoms with Crippen molar-refractivity contribution in [1.82, 2.24) is 0 Å². The van der Waals surface area contributed by atoms with Gasteiger partial charge in [-0.2, -0.15) is 0 Å². The van der Waals surface area contributed by atoms with E-state index in [1.165, 1.54) is 23.3 Å². The summed E-state index contributed by atoms with van der Waals surface area (Å²) in [5.41, 5.74) is 2.84. The monoisotopic (exact) mass is 320 g/mol. The summed E-state index contributed by atoms with van der Waals surface area (Å²) in [5.74, 6) is 1.53. The van der Waals surface area contributed by atoms with E-state index in [4.69, 9.17) is 4.74 Å². The van der Waals surface area contributed by atoms with Crippen molar-refractivity contribution in [2.45, 2.75) is 45.4 Å². The first-order valence-electron chi connectivity index (χ1n) is 9.21. The van der Waals surface area contributed by atoms with E-state index >= 15 is 0 Å². The Hall–Kier alpha value is -2.02. The number of allylic oxidation sites excluding steroid dienone is 2. The first-order chi connectivity index (χ1) is 11.8. The fraction of sp³-hybridized carbons (Fsp3) is 0.391. The van der Waals surface area contributed by atoms with Gasteiger partial charge in [-0.15, -0.1) is 0 Å². The summed E-state index contributed by atoms with van der Waals surface area (Å²) in [6.07, 6.45) is 6.84. The summed E-state index contributed by atoms with van der Waals surface area (Å²) in [6, 6.07) is 21.9. The van der Waals surface area contributed by atoms with Crippen LogP contribution in [-0.4, -0.2) is 6.61 Å². The second-order valence-electron chi connectivity index (χ2n) is 6.77. The van der Waals surface area contributed by atoms with E-state index in [2.05, 4.69) is 80.6 Å². The van der Waals surface area contributed by atoms with Crippen molar-refractivity contribution in [3.63, 3.8) is 0 Å². The number of rotatable bonds is 5. The lowest BCUT2D eigenvalue weighted by Crippen LogP contribution is -2.36. The number of benzene rings is 2. The topological polar surface area (TPSA) is 9.23 Å². The summed E-state index contributed by atoms with van der Waals surface area (Å²) in [4.78, 5) is 0. The maximum atomic E-state index is 6.18. The van der Waals surface area contributed by atoms with Crippen LogP contribution in [0.15, 0.2) is 72.5 Å². The summed E-state index contributed by atoms with van der Waals surface area (Å²) >= 11 is 0. The van der Waals surface area contributed by atoms with Crippen LogP contribution in [0.3, 0.4) is 0 Å². The van der Waals surface area contributed by atoms with Gasteiger partial charge in [0.15, 0.2) is 0 Å². The molecule has 1 heterocycles. The number of hydrogen-bond donors (Lipinski definition) is 0. The van der Waals surface area contributed by atoms with Crippen LogP contribution in [0.25, 0.3) is 0 Å². The van der Waals surface area contributed by atoms with Gasteiger partial charge in [-0.3, -0.25) is 0 Å². The highest BCUT2D eigenvalue weighted by Gasteiger charge is 2.45. The highest BCUT2D eigenvalue weighted by molar-refractivity contribution is 5.38. The van der Waals surface area contributed by atoms with Crippen LogP contribution >= 0.6 is 0 Å². The molecule has 0 aliphatic carbocycles. The fourth-order valence-electron chi connectivity index (χ4n) is 4.45.